The third-order valence-electron chi connectivity index (χ3n) is 3.19. The Balaban J connectivity index is 1.99. The molecule has 0 heterocycles. The molecule has 0 unspecified atom stereocenters. The maximum Gasteiger partial charge on any atom is 0.241 e. The lowest BCUT2D eigenvalue weighted by atomic mass is 10.1. The van der Waals surface area contributed by atoms with Crippen LogP contribution >= 0.6 is 15.9 Å². The second-order valence-corrected chi connectivity index (χ2v) is 7.51. The fourth-order valence-corrected chi connectivity index (χ4v) is 4.36. The molecule has 0 aromatic heterocycles. The second-order valence-electron chi connectivity index (χ2n) is 4.98. The summed E-state index contributed by atoms with van der Waals surface area (Å²) in [6, 6.07) is 16.8. The minimum absolute atomic E-state index is 0.123. The Kier molecular flexibility index (Phi) is 5.56. The largest absolute Gasteiger partial charge is 0.241 e. The van der Waals surface area contributed by atoms with E-state index in [-0.39, 0.29) is 10.9 Å². The van der Waals surface area contributed by atoms with Crippen molar-refractivity contribution in [3.63, 3.8) is 0 Å². The molecule has 2 rings (SSSR count). The summed E-state index contributed by atoms with van der Waals surface area (Å²) in [6.07, 6.45) is 1.61. The van der Waals surface area contributed by atoms with E-state index in [1.165, 1.54) is 5.56 Å². The van der Waals surface area contributed by atoms with Crippen LogP contribution in [0.25, 0.3) is 0 Å². The Morgan fingerprint density at radius 1 is 1.05 bits per heavy atom. The zero-order valence-electron chi connectivity index (χ0n) is 11.8. The summed E-state index contributed by atoms with van der Waals surface area (Å²) >= 11 is 3.28. The second kappa shape index (κ2) is 7.20. The van der Waals surface area contributed by atoms with E-state index in [1.807, 2.05) is 25.1 Å². The Hall–Kier alpha value is -1.17. The van der Waals surface area contributed by atoms with Gasteiger partial charge in [0.2, 0.25) is 10.0 Å². The first-order chi connectivity index (χ1) is 9.99. The van der Waals surface area contributed by atoms with Crippen LogP contribution < -0.4 is 4.72 Å². The summed E-state index contributed by atoms with van der Waals surface area (Å²) in [5.74, 6) is 0. The molecular formula is C16H18BrNO2S. The first-order valence-electron chi connectivity index (χ1n) is 6.80. The van der Waals surface area contributed by atoms with Gasteiger partial charge in [-0.25, -0.2) is 13.1 Å². The van der Waals surface area contributed by atoms with Crippen LogP contribution in [0.15, 0.2) is 64.0 Å². The van der Waals surface area contributed by atoms with Gasteiger partial charge in [0.1, 0.15) is 0 Å². The van der Waals surface area contributed by atoms with Gasteiger partial charge in [0.15, 0.2) is 0 Å². The molecule has 0 aliphatic carbocycles. The number of halogens is 1. The summed E-state index contributed by atoms with van der Waals surface area (Å²) in [4.78, 5) is 0.275. The Morgan fingerprint density at radius 2 is 1.67 bits per heavy atom. The predicted molar refractivity (Wildman–Crippen MR) is 88.7 cm³/mol. The minimum atomic E-state index is -3.49. The lowest BCUT2D eigenvalue weighted by Gasteiger charge is -2.15. The highest BCUT2D eigenvalue weighted by Crippen LogP contribution is 2.21. The molecule has 5 heteroatoms. The van der Waals surface area contributed by atoms with Crippen molar-refractivity contribution in [2.24, 2.45) is 0 Å². The fraction of sp³-hybridized carbons (Fsp3) is 0.250. The highest BCUT2D eigenvalue weighted by Gasteiger charge is 2.19. The Bertz CT molecular complexity index is 686. The van der Waals surface area contributed by atoms with Gasteiger partial charge in [-0.1, -0.05) is 42.5 Å². The molecule has 2 aromatic rings. The van der Waals surface area contributed by atoms with Gasteiger partial charge < -0.3 is 0 Å². The van der Waals surface area contributed by atoms with E-state index in [1.54, 1.807) is 24.3 Å². The van der Waals surface area contributed by atoms with Gasteiger partial charge in [-0.2, -0.15) is 0 Å². The highest BCUT2D eigenvalue weighted by atomic mass is 79.9. The fourth-order valence-electron chi connectivity index (χ4n) is 2.08. The summed E-state index contributed by atoms with van der Waals surface area (Å²) in [5.41, 5.74) is 1.21. The van der Waals surface area contributed by atoms with Crippen LogP contribution in [0.4, 0.5) is 0 Å². The van der Waals surface area contributed by atoms with E-state index in [2.05, 4.69) is 32.8 Å². The van der Waals surface area contributed by atoms with Crippen molar-refractivity contribution in [3.8, 4) is 0 Å². The summed E-state index contributed by atoms with van der Waals surface area (Å²) in [5, 5.41) is 0. The molecule has 21 heavy (non-hydrogen) atoms. The molecule has 0 spiro atoms. The molecule has 0 amide bonds. The number of aryl methyl sites for hydroxylation is 1. The van der Waals surface area contributed by atoms with Crippen molar-refractivity contribution in [2.75, 3.05) is 0 Å². The average Bonchev–Trinajstić information content (AvgIpc) is 2.46. The van der Waals surface area contributed by atoms with E-state index in [4.69, 9.17) is 0 Å². The molecule has 0 aliphatic heterocycles. The Morgan fingerprint density at radius 3 is 2.33 bits per heavy atom. The van der Waals surface area contributed by atoms with Crippen LogP contribution in [0.3, 0.4) is 0 Å². The monoisotopic (exact) mass is 367 g/mol. The van der Waals surface area contributed by atoms with Crippen LogP contribution in [0.1, 0.15) is 18.9 Å². The van der Waals surface area contributed by atoms with Crippen LogP contribution in [0.2, 0.25) is 0 Å². The summed E-state index contributed by atoms with van der Waals surface area (Å²) in [6.45, 7) is 1.89. The van der Waals surface area contributed by atoms with Gasteiger partial charge in [-0.3, -0.25) is 0 Å². The zero-order valence-corrected chi connectivity index (χ0v) is 14.2. The highest BCUT2D eigenvalue weighted by molar-refractivity contribution is 9.10. The molecule has 1 atom stereocenters. The normalized spacial score (nSPS) is 13.0. The number of rotatable bonds is 6. The van der Waals surface area contributed by atoms with Crippen LogP contribution in [0.5, 0.6) is 0 Å². The van der Waals surface area contributed by atoms with Crippen molar-refractivity contribution >= 4 is 26.0 Å². The molecule has 0 aliphatic rings. The first kappa shape index (κ1) is 16.2. The topological polar surface area (TPSA) is 46.2 Å². The summed E-state index contributed by atoms with van der Waals surface area (Å²) in [7, 11) is -3.49. The number of benzene rings is 2. The van der Waals surface area contributed by atoms with E-state index >= 15 is 0 Å². The molecule has 0 bridgehead atoms. The van der Waals surface area contributed by atoms with E-state index in [0.29, 0.717) is 4.47 Å². The molecular weight excluding hydrogens is 350 g/mol. The quantitative estimate of drug-likeness (QED) is 0.844. The van der Waals surface area contributed by atoms with Gasteiger partial charge in [0, 0.05) is 10.5 Å². The Labute approximate surface area is 134 Å². The number of sulfonamides is 1. The number of hydrogen-bond donors (Lipinski definition) is 1. The average molecular weight is 368 g/mol. The maximum absolute atomic E-state index is 12.3. The molecule has 2 aromatic carbocycles. The first-order valence-corrected chi connectivity index (χ1v) is 9.07. The smallest absolute Gasteiger partial charge is 0.208 e. The van der Waals surface area contributed by atoms with Crippen molar-refractivity contribution < 1.29 is 8.42 Å². The SMILES string of the molecule is C[C@H](CCc1ccccc1)NS(=O)(=O)c1ccccc1Br. The van der Waals surface area contributed by atoms with E-state index in [0.717, 1.165) is 12.8 Å². The molecule has 0 radical (unpaired) electrons. The third-order valence-corrected chi connectivity index (χ3v) is 5.79. The lowest BCUT2D eigenvalue weighted by molar-refractivity contribution is 0.546. The van der Waals surface area contributed by atoms with Crippen LogP contribution in [-0.4, -0.2) is 14.5 Å². The van der Waals surface area contributed by atoms with E-state index < -0.39 is 10.0 Å². The van der Waals surface area contributed by atoms with Crippen molar-refractivity contribution in [1.82, 2.24) is 4.72 Å². The van der Waals surface area contributed by atoms with Gasteiger partial charge in [-0.15, -0.1) is 0 Å². The molecule has 3 nitrogen and oxygen atoms in total. The summed E-state index contributed by atoms with van der Waals surface area (Å²) < 4.78 is 28.0. The van der Waals surface area contributed by atoms with Crippen LogP contribution in [0, 0.1) is 0 Å². The molecule has 0 saturated carbocycles. The lowest BCUT2D eigenvalue weighted by Crippen LogP contribution is -2.33. The molecule has 0 saturated heterocycles. The van der Waals surface area contributed by atoms with Gasteiger partial charge in [0.25, 0.3) is 0 Å². The third kappa shape index (κ3) is 4.66. The molecule has 112 valence electrons. The van der Waals surface area contributed by atoms with Gasteiger partial charge in [0.05, 0.1) is 4.90 Å². The predicted octanol–water partition coefficient (Wildman–Crippen LogP) is 3.75. The van der Waals surface area contributed by atoms with Crippen LogP contribution in [-0.2, 0) is 16.4 Å². The maximum atomic E-state index is 12.3. The molecule has 0 fully saturated rings. The molecule has 1 N–H and O–H groups in total. The van der Waals surface area contributed by atoms with Crippen molar-refractivity contribution in [2.45, 2.75) is 30.7 Å². The van der Waals surface area contributed by atoms with Crippen molar-refractivity contribution in [1.29, 1.82) is 0 Å². The number of hydrogen-bond acceptors (Lipinski definition) is 2. The van der Waals surface area contributed by atoms with Gasteiger partial charge in [-0.05, 0) is 53.4 Å². The minimum Gasteiger partial charge on any atom is -0.208 e. The van der Waals surface area contributed by atoms with E-state index in [9.17, 15) is 8.42 Å². The van der Waals surface area contributed by atoms with Gasteiger partial charge >= 0.3 is 0 Å². The van der Waals surface area contributed by atoms with Crippen molar-refractivity contribution in [3.05, 3.63) is 64.6 Å². The number of nitrogens with one attached hydrogen (secondary N) is 1. The zero-order chi connectivity index (χ0) is 15.3. The standard InChI is InChI=1S/C16H18BrNO2S/c1-13(11-12-14-7-3-2-4-8-14)18-21(19,20)16-10-6-5-9-15(16)17/h2-10,13,18H,11-12H2,1H3/t13-/m1/s1.